The molecule has 1 heterocycles. The molecular formula is C23H30N6O3S. The van der Waals surface area contributed by atoms with Gasteiger partial charge in [-0.3, -0.25) is 0 Å². The SMILES string of the molecule is CN(CC#N)S(=O)(=O)c1c(OC2CCC(N)CC2)ccc2c1CC(C)(C)c1c(N)ncnc1-2. The molecule has 0 aliphatic heterocycles. The van der Waals surface area contributed by atoms with Gasteiger partial charge in [-0.15, -0.1) is 0 Å². The number of nitriles is 1. The van der Waals surface area contributed by atoms with E-state index in [0.717, 1.165) is 35.6 Å². The number of hydrogen-bond donors (Lipinski definition) is 2. The summed E-state index contributed by atoms with van der Waals surface area (Å²) in [6.07, 6.45) is 4.90. The van der Waals surface area contributed by atoms with E-state index in [9.17, 15) is 8.42 Å². The van der Waals surface area contributed by atoms with Crippen molar-refractivity contribution in [3.63, 3.8) is 0 Å². The van der Waals surface area contributed by atoms with Crippen LogP contribution in [-0.2, 0) is 21.9 Å². The van der Waals surface area contributed by atoms with Crippen molar-refractivity contribution in [2.45, 2.75) is 68.4 Å². The molecule has 1 saturated carbocycles. The van der Waals surface area contributed by atoms with Crippen molar-refractivity contribution in [2.24, 2.45) is 5.73 Å². The van der Waals surface area contributed by atoms with Crippen molar-refractivity contribution in [2.75, 3.05) is 19.3 Å². The zero-order valence-corrected chi connectivity index (χ0v) is 20.0. The van der Waals surface area contributed by atoms with Crippen LogP contribution >= 0.6 is 0 Å². The van der Waals surface area contributed by atoms with E-state index in [1.54, 1.807) is 6.07 Å². The molecule has 2 aromatic rings. The molecule has 0 saturated heterocycles. The molecule has 4 rings (SSSR count). The van der Waals surface area contributed by atoms with Gasteiger partial charge in [-0.2, -0.15) is 9.57 Å². The Bertz CT molecular complexity index is 1210. The number of aromatic nitrogens is 2. The second-order valence-electron chi connectivity index (χ2n) is 9.54. The number of anilines is 1. The summed E-state index contributed by atoms with van der Waals surface area (Å²) in [7, 11) is -2.60. The van der Waals surface area contributed by atoms with Crippen molar-refractivity contribution >= 4 is 15.8 Å². The van der Waals surface area contributed by atoms with Gasteiger partial charge < -0.3 is 16.2 Å². The molecule has 33 heavy (non-hydrogen) atoms. The van der Waals surface area contributed by atoms with Gasteiger partial charge in [0.1, 0.15) is 29.3 Å². The standard InChI is InChI=1S/C23H30N6O3S/c1-23(2)12-17-16(20-19(23)22(26)28-13-27-20)8-9-18(32-15-6-4-14(25)5-7-15)21(17)33(30,31)29(3)11-10-24/h8-9,13-15H,4-7,11-12,25H2,1-3H3,(H2,26,27,28). The van der Waals surface area contributed by atoms with Gasteiger partial charge in [-0.25, -0.2) is 18.4 Å². The maximum absolute atomic E-state index is 13.7. The van der Waals surface area contributed by atoms with Crippen LogP contribution < -0.4 is 16.2 Å². The number of hydrogen-bond acceptors (Lipinski definition) is 8. The fourth-order valence-electron chi connectivity index (χ4n) is 4.91. The maximum atomic E-state index is 13.7. The topological polar surface area (TPSA) is 148 Å². The number of rotatable bonds is 5. The summed E-state index contributed by atoms with van der Waals surface area (Å²) in [5.74, 6) is 0.695. The van der Waals surface area contributed by atoms with E-state index >= 15 is 0 Å². The minimum atomic E-state index is -4.01. The molecule has 2 aliphatic carbocycles. The van der Waals surface area contributed by atoms with E-state index in [1.807, 2.05) is 26.0 Å². The summed E-state index contributed by atoms with van der Waals surface area (Å²) in [5.41, 5.74) is 14.5. The van der Waals surface area contributed by atoms with E-state index in [2.05, 4.69) is 9.97 Å². The Kier molecular flexibility index (Phi) is 6.07. The Labute approximate surface area is 194 Å². The second kappa shape index (κ2) is 8.56. The summed E-state index contributed by atoms with van der Waals surface area (Å²) in [6, 6.07) is 5.62. The second-order valence-corrected chi connectivity index (χ2v) is 11.5. The molecule has 4 N–H and O–H groups in total. The highest BCUT2D eigenvalue weighted by molar-refractivity contribution is 7.89. The van der Waals surface area contributed by atoms with Gasteiger partial charge in [0.2, 0.25) is 10.0 Å². The first-order chi connectivity index (χ1) is 15.6. The van der Waals surface area contributed by atoms with E-state index in [0.29, 0.717) is 34.8 Å². The average Bonchev–Trinajstić information content (AvgIpc) is 2.74. The van der Waals surface area contributed by atoms with E-state index < -0.39 is 15.4 Å². The number of benzene rings is 1. The van der Waals surface area contributed by atoms with Crippen LogP contribution in [0, 0.1) is 11.3 Å². The van der Waals surface area contributed by atoms with Crippen molar-refractivity contribution < 1.29 is 13.2 Å². The molecule has 1 aromatic carbocycles. The molecule has 0 amide bonds. The third-order valence-corrected chi connectivity index (χ3v) is 8.54. The minimum Gasteiger partial charge on any atom is -0.489 e. The molecule has 1 aromatic heterocycles. The molecule has 2 aliphatic rings. The summed E-state index contributed by atoms with van der Waals surface area (Å²) in [4.78, 5) is 8.72. The van der Waals surface area contributed by atoms with Gasteiger partial charge >= 0.3 is 0 Å². The molecular weight excluding hydrogens is 440 g/mol. The number of sulfonamides is 1. The van der Waals surface area contributed by atoms with Crippen LogP contribution in [0.2, 0.25) is 0 Å². The minimum absolute atomic E-state index is 0.100. The normalized spacial score (nSPS) is 21.7. The predicted octanol–water partition coefficient (Wildman–Crippen LogP) is 2.35. The van der Waals surface area contributed by atoms with Gasteiger partial charge in [0.15, 0.2) is 0 Å². The highest BCUT2D eigenvalue weighted by atomic mass is 32.2. The lowest BCUT2D eigenvalue weighted by Crippen LogP contribution is -2.34. The molecule has 0 bridgehead atoms. The van der Waals surface area contributed by atoms with Gasteiger partial charge in [0.25, 0.3) is 0 Å². The van der Waals surface area contributed by atoms with Crippen LogP contribution in [0.5, 0.6) is 5.75 Å². The maximum Gasteiger partial charge on any atom is 0.247 e. The number of fused-ring (bicyclic) bond motifs is 3. The van der Waals surface area contributed by atoms with Gasteiger partial charge in [0, 0.05) is 24.2 Å². The van der Waals surface area contributed by atoms with E-state index in [-0.39, 0.29) is 23.6 Å². The molecule has 1 fully saturated rings. The van der Waals surface area contributed by atoms with Crippen LogP contribution in [0.4, 0.5) is 5.82 Å². The van der Waals surface area contributed by atoms with Crippen molar-refractivity contribution in [1.82, 2.24) is 14.3 Å². The summed E-state index contributed by atoms with van der Waals surface area (Å²) in [6.45, 7) is 3.73. The monoisotopic (exact) mass is 470 g/mol. The first-order valence-corrected chi connectivity index (χ1v) is 12.5. The van der Waals surface area contributed by atoms with Crippen molar-refractivity contribution in [1.29, 1.82) is 5.26 Å². The van der Waals surface area contributed by atoms with Crippen LogP contribution in [-0.4, -0.2) is 48.4 Å². The molecule has 0 radical (unpaired) electrons. The van der Waals surface area contributed by atoms with Gasteiger partial charge in [-0.1, -0.05) is 13.8 Å². The van der Waals surface area contributed by atoms with Crippen LogP contribution in [0.25, 0.3) is 11.3 Å². The Balaban J connectivity index is 1.92. The van der Waals surface area contributed by atoms with Crippen LogP contribution in [0.1, 0.15) is 50.7 Å². The Morgan fingerprint density at radius 2 is 1.94 bits per heavy atom. The molecule has 176 valence electrons. The fourth-order valence-corrected chi connectivity index (χ4v) is 6.31. The number of nitrogens with two attached hydrogens (primary N) is 2. The lowest BCUT2D eigenvalue weighted by atomic mass is 9.72. The first-order valence-electron chi connectivity index (χ1n) is 11.1. The van der Waals surface area contributed by atoms with Crippen molar-refractivity contribution in [3.8, 4) is 23.1 Å². The quantitative estimate of drug-likeness (QED) is 0.633. The number of ether oxygens (including phenoxy) is 1. The van der Waals surface area contributed by atoms with E-state index in [4.69, 9.17) is 21.5 Å². The molecule has 10 heteroatoms. The molecule has 0 unspecified atom stereocenters. The number of nitrogen functional groups attached to an aromatic ring is 1. The van der Waals surface area contributed by atoms with Crippen LogP contribution in [0.15, 0.2) is 23.4 Å². The summed E-state index contributed by atoms with van der Waals surface area (Å²) >= 11 is 0. The Morgan fingerprint density at radius 3 is 2.61 bits per heavy atom. The first kappa shape index (κ1) is 23.4. The largest absolute Gasteiger partial charge is 0.489 e. The Hall–Kier alpha value is -2.74. The van der Waals surface area contributed by atoms with Crippen LogP contribution in [0.3, 0.4) is 0 Å². The van der Waals surface area contributed by atoms with Gasteiger partial charge in [-0.05, 0) is 55.2 Å². The fraction of sp³-hybridized carbons (Fsp3) is 0.522. The Morgan fingerprint density at radius 1 is 1.24 bits per heavy atom. The number of nitrogens with zero attached hydrogens (tertiary/aromatic N) is 4. The highest BCUT2D eigenvalue weighted by Gasteiger charge is 2.40. The zero-order valence-electron chi connectivity index (χ0n) is 19.2. The third-order valence-electron chi connectivity index (χ3n) is 6.63. The zero-order chi connectivity index (χ0) is 24.0. The summed E-state index contributed by atoms with van der Waals surface area (Å²) in [5, 5.41) is 9.15. The third kappa shape index (κ3) is 4.16. The lowest BCUT2D eigenvalue weighted by Gasteiger charge is -2.36. The predicted molar refractivity (Wildman–Crippen MR) is 125 cm³/mol. The summed E-state index contributed by atoms with van der Waals surface area (Å²) < 4.78 is 34.8. The molecule has 0 atom stereocenters. The highest BCUT2D eigenvalue weighted by Crippen LogP contribution is 2.48. The molecule has 9 nitrogen and oxygen atoms in total. The lowest BCUT2D eigenvalue weighted by molar-refractivity contribution is 0.143. The smallest absolute Gasteiger partial charge is 0.247 e. The molecule has 0 spiro atoms. The average molecular weight is 471 g/mol. The van der Waals surface area contributed by atoms with Crippen molar-refractivity contribution in [3.05, 3.63) is 29.6 Å². The van der Waals surface area contributed by atoms with Gasteiger partial charge in [0.05, 0.1) is 17.9 Å². The van der Waals surface area contributed by atoms with E-state index in [1.165, 1.54) is 13.4 Å².